The predicted octanol–water partition coefficient (Wildman–Crippen LogP) is 4.18. The monoisotopic (exact) mass is 505 g/mol. The van der Waals surface area contributed by atoms with Crippen molar-refractivity contribution in [3.05, 3.63) is 64.9 Å². The lowest BCUT2D eigenvalue weighted by Crippen LogP contribution is -2.26. The van der Waals surface area contributed by atoms with E-state index in [1.54, 1.807) is 26.0 Å². The van der Waals surface area contributed by atoms with E-state index in [0.717, 1.165) is 11.3 Å². The van der Waals surface area contributed by atoms with Crippen LogP contribution in [-0.4, -0.2) is 46.0 Å². The summed E-state index contributed by atoms with van der Waals surface area (Å²) in [6.45, 7) is 5.40. The maximum atomic E-state index is 14.8. The molecule has 0 saturated carbocycles. The highest BCUT2D eigenvalue weighted by atomic mass is 32.1. The zero-order chi connectivity index (χ0) is 25.8. The average molecular weight is 506 g/mol. The van der Waals surface area contributed by atoms with E-state index in [9.17, 15) is 23.8 Å². The lowest BCUT2D eigenvalue weighted by Gasteiger charge is -2.16. The van der Waals surface area contributed by atoms with E-state index in [1.807, 2.05) is 6.07 Å². The second-order valence-corrected chi connectivity index (χ2v) is 10.0. The molecular weight excluding hydrogens is 476 g/mol. The zero-order valence-electron chi connectivity index (χ0n) is 19.8. The number of aliphatic hydroxyl groups is 2. The van der Waals surface area contributed by atoms with Gasteiger partial charge in [-0.05, 0) is 63.1 Å². The van der Waals surface area contributed by atoms with Crippen molar-refractivity contribution >= 4 is 28.1 Å². The number of thiophene rings is 1. The molecule has 0 aliphatic heterocycles. The minimum Gasteiger partial charge on any atom is -0.393 e. The molecule has 5 N–H and O–H groups in total. The number of nitrogens with one attached hydrogen (secondary N) is 1. The number of aromatic nitrogens is 1. The number of rotatable bonds is 11. The summed E-state index contributed by atoms with van der Waals surface area (Å²) < 4.78 is 35.1. The number of anilines is 2. The third-order valence-corrected chi connectivity index (χ3v) is 5.95. The van der Waals surface area contributed by atoms with Crippen LogP contribution in [0.25, 0.3) is 10.4 Å². The van der Waals surface area contributed by atoms with Crippen LogP contribution in [0.4, 0.5) is 19.6 Å². The van der Waals surface area contributed by atoms with Gasteiger partial charge in [-0.1, -0.05) is 6.07 Å². The van der Waals surface area contributed by atoms with E-state index in [1.165, 1.54) is 25.1 Å². The molecular formula is C25H29F2N3O4S. The first-order chi connectivity index (χ1) is 16.4. The summed E-state index contributed by atoms with van der Waals surface area (Å²) in [7, 11) is 0. The summed E-state index contributed by atoms with van der Waals surface area (Å²) in [5.74, 6) is -1.92. The third-order valence-electron chi connectivity index (χ3n) is 4.88. The maximum Gasteiger partial charge on any atom is 0.251 e. The normalized spacial score (nSPS) is 12.5. The minimum absolute atomic E-state index is 0.0811. The number of aliphatic hydroxyl groups excluding tert-OH is 1. The van der Waals surface area contributed by atoms with Gasteiger partial charge in [0.25, 0.3) is 5.91 Å². The molecule has 0 fully saturated rings. The quantitative estimate of drug-likeness (QED) is 0.291. The molecule has 0 bridgehead atoms. The number of hydrogen-bond acceptors (Lipinski definition) is 7. The topological polar surface area (TPSA) is 118 Å². The number of benzene rings is 1. The Morgan fingerprint density at radius 3 is 2.54 bits per heavy atom. The van der Waals surface area contributed by atoms with Gasteiger partial charge in [-0.2, -0.15) is 0 Å². The van der Waals surface area contributed by atoms with E-state index in [-0.39, 0.29) is 29.0 Å². The summed E-state index contributed by atoms with van der Waals surface area (Å²) in [5, 5.41) is 22.5. The van der Waals surface area contributed by atoms with E-state index >= 15 is 0 Å². The molecule has 188 valence electrons. The first-order valence-corrected chi connectivity index (χ1v) is 11.9. The van der Waals surface area contributed by atoms with E-state index in [0.29, 0.717) is 35.1 Å². The molecule has 1 amide bonds. The van der Waals surface area contributed by atoms with Crippen molar-refractivity contribution < 1.29 is 28.5 Å². The fourth-order valence-electron chi connectivity index (χ4n) is 3.41. The summed E-state index contributed by atoms with van der Waals surface area (Å²) in [6.07, 6.45) is -0.128. The Morgan fingerprint density at radius 2 is 1.94 bits per heavy atom. The van der Waals surface area contributed by atoms with Crippen LogP contribution in [0, 0.1) is 11.6 Å². The first kappa shape index (κ1) is 26.7. The van der Waals surface area contributed by atoms with Gasteiger partial charge in [0.2, 0.25) is 0 Å². The Labute approximate surface area is 206 Å². The van der Waals surface area contributed by atoms with Crippen LogP contribution in [0.1, 0.15) is 42.4 Å². The van der Waals surface area contributed by atoms with Crippen LogP contribution in [0.2, 0.25) is 0 Å². The number of amides is 1. The van der Waals surface area contributed by atoms with Gasteiger partial charge < -0.3 is 26.0 Å². The molecule has 3 aromatic rings. The smallest absolute Gasteiger partial charge is 0.251 e. The summed E-state index contributed by atoms with van der Waals surface area (Å²) in [5.41, 5.74) is 5.45. The number of hydrogen-bond donors (Lipinski definition) is 4. The van der Waals surface area contributed by atoms with Crippen LogP contribution < -0.4 is 11.1 Å². The van der Waals surface area contributed by atoms with E-state index in [4.69, 9.17) is 10.5 Å². The lowest BCUT2D eigenvalue weighted by atomic mass is 10.0. The Kier molecular flexibility index (Phi) is 8.55. The predicted molar refractivity (Wildman–Crippen MR) is 132 cm³/mol. The maximum absolute atomic E-state index is 14.8. The molecule has 0 radical (unpaired) electrons. The zero-order valence-corrected chi connectivity index (χ0v) is 20.6. The second-order valence-electron chi connectivity index (χ2n) is 8.96. The Balaban J connectivity index is 1.82. The molecule has 0 spiro atoms. The molecule has 2 aromatic heterocycles. The first-order valence-electron chi connectivity index (χ1n) is 11.1. The molecule has 0 aliphatic carbocycles. The van der Waals surface area contributed by atoms with Crippen molar-refractivity contribution in [1.82, 2.24) is 4.98 Å². The summed E-state index contributed by atoms with van der Waals surface area (Å²) >= 11 is 0.980. The fourth-order valence-corrected chi connectivity index (χ4v) is 4.53. The highest BCUT2D eigenvalue weighted by Gasteiger charge is 2.21. The van der Waals surface area contributed by atoms with Gasteiger partial charge >= 0.3 is 0 Å². The largest absolute Gasteiger partial charge is 0.393 e. The molecule has 3 rings (SSSR count). The third kappa shape index (κ3) is 7.53. The van der Waals surface area contributed by atoms with Gasteiger partial charge in [0.15, 0.2) is 0 Å². The Morgan fingerprint density at radius 1 is 1.26 bits per heavy atom. The van der Waals surface area contributed by atoms with Crippen LogP contribution in [0.3, 0.4) is 0 Å². The van der Waals surface area contributed by atoms with Crippen LogP contribution >= 0.6 is 11.3 Å². The van der Waals surface area contributed by atoms with Gasteiger partial charge in [-0.3, -0.25) is 4.79 Å². The van der Waals surface area contributed by atoms with Gasteiger partial charge in [-0.25, -0.2) is 13.8 Å². The molecule has 7 nitrogen and oxygen atoms in total. The van der Waals surface area contributed by atoms with Crippen molar-refractivity contribution in [2.75, 3.05) is 18.5 Å². The minimum atomic E-state index is -0.921. The van der Waals surface area contributed by atoms with Crippen LogP contribution in [-0.2, 0) is 17.6 Å². The van der Waals surface area contributed by atoms with Gasteiger partial charge in [-0.15, -0.1) is 11.3 Å². The standard InChI is InChI=1S/C25H29F2N3O4S/c1-14(31)9-15-10-18(26)22(19(27)11-15)20-12-17(23(28)32)24(35-20)30-21-6-4-5-16(29-21)7-8-34-13-25(2,3)33/h4-6,10-12,14,31,33H,7-9,13H2,1-3H3,(H2,28,32)(H,29,30). The second kappa shape index (κ2) is 11.2. The Bertz CT molecular complexity index is 1170. The number of carbonyl (C=O) groups excluding carboxylic acids is 1. The van der Waals surface area contributed by atoms with Gasteiger partial charge in [0, 0.05) is 17.0 Å². The average Bonchev–Trinajstić information content (AvgIpc) is 3.13. The highest BCUT2D eigenvalue weighted by molar-refractivity contribution is 7.20. The van der Waals surface area contributed by atoms with Crippen LogP contribution in [0.5, 0.6) is 0 Å². The highest BCUT2D eigenvalue weighted by Crippen LogP contribution is 2.39. The van der Waals surface area contributed by atoms with Crippen molar-refractivity contribution in [2.24, 2.45) is 5.73 Å². The number of ether oxygens (including phenoxy) is 1. The molecule has 1 atom stereocenters. The van der Waals surface area contributed by atoms with Crippen LogP contribution in [0.15, 0.2) is 36.4 Å². The van der Waals surface area contributed by atoms with E-state index < -0.39 is 29.2 Å². The number of pyridine rings is 1. The Hall–Kier alpha value is -2.92. The van der Waals surface area contributed by atoms with Crippen molar-refractivity contribution in [2.45, 2.75) is 45.3 Å². The van der Waals surface area contributed by atoms with Gasteiger partial charge in [0.05, 0.1) is 36.0 Å². The number of nitrogens with two attached hydrogens (primary N) is 1. The van der Waals surface area contributed by atoms with Crippen molar-refractivity contribution in [3.8, 4) is 10.4 Å². The fraction of sp³-hybridized carbons (Fsp3) is 0.360. The van der Waals surface area contributed by atoms with E-state index in [2.05, 4.69) is 10.3 Å². The number of nitrogens with zero attached hydrogens (tertiary/aromatic N) is 1. The van der Waals surface area contributed by atoms with Crippen molar-refractivity contribution in [1.29, 1.82) is 0 Å². The molecule has 1 aromatic carbocycles. The molecule has 35 heavy (non-hydrogen) atoms. The number of halogens is 2. The molecule has 2 heterocycles. The number of carbonyl (C=O) groups is 1. The van der Waals surface area contributed by atoms with Crippen molar-refractivity contribution in [3.63, 3.8) is 0 Å². The molecule has 0 aliphatic rings. The van der Waals surface area contributed by atoms with Gasteiger partial charge in [0.1, 0.15) is 22.5 Å². The lowest BCUT2D eigenvalue weighted by molar-refractivity contribution is -0.0199. The molecule has 0 saturated heterocycles. The number of primary amides is 1. The summed E-state index contributed by atoms with van der Waals surface area (Å²) in [6, 6.07) is 8.98. The molecule has 10 heteroatoms. The summed E-state index contributed by atoms with van der Waals surface area (Å²) in [4.78, 5) is 16.7. The SMILES string of the molecule is CC(O)Cc1cc(F)c(-c2cc(C(N)=O)c(Nc3cccc(CCOCC(C)(C)O)n3)s2)c(F)c1. The molecule has 1 unspecified atom stereocenters.